The molecule has 0 saturated carbocycles. The summed E-state index contributed by atoms with van der Waals surface area (Å²) < 4.78 is 7.08. The maximum atomic E-state index is 7.08. The molecule has 0 bridgehead atoms. The molecule has 2 heterocycles. The summed E-state index contributed by atoms with van der Waals surface area (Å²) in [4.78, 5) is 10.9. The minimum absolute atomic E-state index is 0.513. The van der Waals surface area contributed by atoms with Crippen molar-refractivity contribution in [1.29, 1.82) is 0 Å². The monoisotopic (exact) mass is 716 g/mol. The van der Waals surface area contributed by atoms with Crippen molar-refractivity contribution in [3.05, 3.63) is 233 Å². The Labute approximate surface area is 325 Å². The maximum Gasteiger partial charge on any atom is 0.163 e. The Hall–Kier alpha value is -7.10. The molecule has 11 rings (SSSR count). The van der Waals surface area contributed by atoms with Crippen molar-refractivity contribution in [3.8, 4) is 11.1 Å². The lowest BCUT2D eigenvalue weighted by molar-refractivity contribution is 0.665. The topological polar surface area (TPSA) is 37.9 Å². The van der Waals surface area contributed by atoms with Crippen molar-refractivity contribution in [2.45, 2.75) is 18.3 Å². The number of amidine groups is 1. The Morgan fingerprint density at radius 3 is 1.89 bits per heavy atom. The third kappa shape index (κ3) is 4.98. The molecule has 1 aliphatic carbocycles. The molecule has 0 fully saturated rings. The van der Waals surface area contributed by atoms with Crippen LogP contribution in [0.3, 0.4) is 0 Å². The summed E-state index contributed by atoms with van der Waals surface area (Å²) in [5, 5.41) is 4.49. The summed E-state index contributed by atoms with van der Waals surface area (Å²) in [5.41, 5.74) is 13.6. The normalized spacial score (nSPS) is 14.8. The van der Waals surface area contributed by atoms with E-state index in [1.54, 1.807) is 0 Å². The first-order chi connectivity index (χ1) is 27.8. The second-order valence-electron chi connectivity index (χ2n) is 14.7. The zero-order valence-corrected chi connectivity index (χ0v) is 30.7. The fourth-order valence-corrected chi connectivity index (χ4v) is 9.20. The van der Waals surface area contributed by atoms with Crippen molar-refractivity contribution in [2.24, 2.45) is 9.98 Å². The van der Waals surface area contributed by atoms with E-state index in [-0.39, 0.29) is 0 Å². The Bertz CT molecular complexity index is 3020. The van der Waals surface area contributed by atoms with Gasteiger partial charge in [-0.1, -0.05) is 176 Å². The molecule has 3 nitrogen and oxygen atoms in total. The number of para-hydroxylation sites is 1. The number of rotatable bonds is 5. The van der Waals surface area contributed by atoms with Gasteiger partial charge in [-0.25, -0.2) is 9.98 Å². The van der Waals surface area contributed by atoms with Gasteiger partial charge in [-0.15, -0.1) is 0 Å². The zero-order valence-electron chi connectivity index (χ0n) is 30.7. The van der Waals surface area contributed by atoms with Crippen molar-refractivity contribution in [3.63, 3.8) is 0 Å². The van der Waals surface area contributed by atoms with Crippen LogP contribution in [0, 0.1) is 0 Å². The van der Waals surface area contributed by atoms with Gasteiger partial charge in [0, 0.05) is 16.3 Å². The highest BCUT2D eigenvalue weighted by atomic mass is 16.3. The van der Waals surface area contributed by atoms with Gasteiger partial charge in [0.15, 0.2) is 5.84 Å². The SMILES string of the molecule is C1=C(c2cccc3ccccc23)N=C(c2cccc3c2oc2cc4c(cc23)-c2ccccc2C4(c2ccccc2)c2ccccc2)N=C(c2ccccc2)CC1. The molecule has 8 aromatic carbocycles. The first-order valence-corrected chi connectivity index (χ1v) is 19.4. The molecule has 1 aromatic heterocycles. The average molecular weight is 717 g/mol. The summed E-state index contributed by atoms with van der Waals surface area (Å²) in [6.07, 6.45) is 3.89. The van der Waals surface area contributed by atoms with Crippen molar-refractivity contribution in [1.82, 2.24) is 0 Å². The third-order valence-electron chi connectivity index (χ3n) is 11.7. The first kappa shape index (κ1) is 32.3. The number of nitrogens with zero attached hydrogens (tertiary/aromatic N) is 2. The van der Waals surface area contributed by atoms with E-state index in [0.717, 1.165) is 62.9 Å². The highest BCUT2D eigenvalue weighted by Crippen LogP contribution is 2.57. The Kier molecular flexibility index (Phi) is 7.53. The Morgan fingerprint density at radius 1 is 0.464 bits per heavy atom. The van der Waals surface area contributed by atoms with Gasteiger partial charge in [0.1, 0.15) is 11.2 Å². The van der Waals surface area contributed by atoms with Gasteiger partial charge in [-0.3, -0.25) is 0 Å². The van der Waals surface area contributed by atoms with Crippen molar-refractivity contribution >= 4 is 50.0 Å². The van der Waals surface area contributed by atoms with E-state index < -0.39 is 5.41 Å². The molecule has 0 spiro atoms. The number of aliphatic imine (C=N–C) groups is 2. The van der Waals surface area contributed by atoms with Crippen molar-refractivity contribution in [2.75, 3.05) is 0 Å². The van der Waals surface area contributed by atoms with Crippen LogP contribution in [0.25, 0.3) is 49.5 Å². The van der Waals surface area contributed by atoms with E-state index in [4.69, 9.17) is 14.4 Å². The smallest absolute Gasteiger partial charge is 0.163 e. The minimum Gasteiger partial charge on any atom is -0.455 e. The van der Waals surface area contributed by atoms with Crippen LogP contribution >= 0.6 is 0 Å². The van der Waals surface area contributed by atoms with Crippen LogP contribution in [0.5, 0.6) is 0 Å². The van der Waals surface area contributed by atoms with Crippen LogP contribution in [0.2, 0.25) is 0 Å². The summed E-state index contributed by atoms with van der Waals surface area (Å²) in [7, 11) is 0. The minimum atomic E-state index is -0.513. The third-order valence-corrected chi connectivity index (χ3v) is 11.7. The van der Waals surface area contributed by atoms with Crippen molar-refractivity contribution < 1.29 is 4.42 Å². The lowest BCUT2D eigenvalue weighted by Gasteiger charge is -2.33. The Morgan fingerprint density at radius 2 is 1.09 bits per heavy atom. The number of hydrogen-bond acceptors (Lipinski definition) is 3. The van der Waals surface area contributed by atoms with E-state index in [2.05, 4.69) is 194 Å². The van der Waals surface area contributed by atoms with Crippen LogP contribution in [0.15, 0.2) is 209 Å². The van der Waals surface area contributed by atoms with E-state index in [1.807, 2.05) is 0 Å². The van der Waals surface area contributed by atoms with Gasteiger partial charge in [0.25, 0.3) is 0 Å². The molecule has 0 N–H and O–H groups in total. The highest BCUT2D eigenvalue weighted by Gasteiger charge is 2.46. The first-order valence-electron chi connectivity index (χ1n) is 19.4. The molecule has 1 aliphatic heterocycles. The molecule has 264 valence electrons. The molecule has 3 heteroatoms. The van der Waals surface area contributed by atoms with E-state index in [0.29, 0.717) is 5.84 Å². The molecule has 9 aromatic rings. The zero-order chi connectivity index (χ0) is 37.1. The predicted molar refractivity (Wildman–Crippen MR) is 232 cm³/mol. The van der Waals surface area contributed by atoms with Gasteiger partial charge in [0.2, 0.25) is 0 Å². The second kappa shape index (κ2) is 13.0. The fraction of sp³-hybridized carbons (Fsp3) is 0.0566. The molecular weight excluding hydrogens is 681 g/mol. The van der Waals surface area contributed by atoms with Gasteiger partial charge in [-0.2, -0.15) is 0 Å². The lowest BCUT2D eigenvalue weighted by Crippen LogP contribution is -2.28. The lowest BCUT2D eigenvalue weighted by atomic mass is 9.67. The van der Waals surface area contributed by atoms with Crippen LogP contribution < -0.4 is 0 Å². The summed E-state index contributed by atoms with van der Waals surface area (Å²) in [6.45, 7) is 0. The van der Waals surface area contributed by atoms with E-state index in [1.165, 1.54) is 44.2 Å². The standard InChI is InChI=1S/C53H36N2O/c1-4-18-36(19-5-1)48-31-16-32-49(41-27-14-20-35-17-10-11-25-39(35)41)55-52(54-48)43-29-15-28-42-45-33-44-40-26-12-13-30-46(40)53(37-21-6-2-7-22-37,38-23-8-3-9-24-38)47(44)34-50(45)56-51(42)43/h1-15,17-30,32-34H,16,31H2. The van der Waals surface area contributed by atoms with Gasteiger partial charge in [-0.05, 0) is 80.8 Å². The Balaban J connectivity index is 1.17. The van der Waals surface area contributed by atoms with Gasteiger partial charge < -0.3 is 4.42 Å². The molecule has 56 heavy (non-hydrogen) atoms. The molecule has 0 radical (unpaired) electrons. The number of furan rings is 1. The fourth-order valence-electron chi connectivity index (χ4n) is 9.20. The molecule has 0 amide bonds. The second-order valence-corrected chi connectivity index (χ2v) is 14.7. The maximum absolute atomic E-state index is 7.08. The molecule has 2 aliphatic rings. The molecule has 0 unspecified atom stereocenters. The van der Waals surface area contributed by atoms with E-state index >= 15 is 0 Å². The number of allylic oxidation sites excluding steroid dienone is 1. The van der Waals surface area contributed by atoms with Gasteiger partial charge in [0.05, 0.1) is 22.4 Å². The number of hydrogen-bond donors (Lipinski definition) is 0. The predicted octanol–water partition coefficient (Wildman–Crippen LogP) is 13.2. The largest absolute Gasteiger partial charge is 0.455 e. The highest BCUT2D eigenvalue weighted by molar-refractivity contribution is 6.21. The quantitative estimate of drug-likeness (QED) is 0.175. The van der Waals surface area contributed by atoms with Crippen LogP contribution in [0.4, 0.5) is 0 Å². The summed E-state index contributed by atoms with van der Waals surface area (Å²) in [5.74, 6) is 0.646. The number of fused-ring (bicyclic) bond motifs is 7. The molecular formula is C53H36N2O. The van der Waals surface area contributed by atoms with Crippen LogP contribution in [-0.2, 0) is 5.41 Å². The van der Waals surface area contributed by atoms with Gasteiger partial charge >= 0.3 is 0 Å². The van der Waals surface area contributed by atoms with Crippen LogP contribution in [0.1, 0.15) is 51.8 Å². The number of benzene rings is 8. The average Bonchev–Trinajstić information content (AvgIpc) is 3.77. The van der Waals surface area contributed by atoms with Crippen LogP contribution in [-0.4, -0.2) is 11.5 Å². The summed E-state index contributed by atoms with van der Waals surface area (Å²) >= 11 is 0. The molecule has 0 saturated heterocycles. The molecule has 0 atom stereocenters. The summed E-state index contributed by atoms with van der Waals surface area (Å²) in [6, 6.07) is 67.2. The van der Waals surface area contributed by atoms with E-state index in [9.17, 15) is 0 Å².